The normalized spacial score (nSPS) is 18.7. The molecule has 0 aromatic heterocycles. The number of phenolic OH excluding ortho intramolecular Hbond substituents is 1. The van der Waals surface area contributed by atoms with Crippen LogP contribution in [0.25, 0.3) is 0 Å². The SMILES string of the molecule is Cc1cc(O)cc(C(=O)C2CCN(C(=O)C3CCN(C(=O)OC(C)(C)C)CC3)CC2)c1. The summed E-state index contributed by atoms with van der Waals surface area (Å²) in [5.41, 5.74) is 0.869. The number of ketones is 1. The zero-order valence-electron chi connectivity index (χ0n) is 19.0. The number of hydrogen-bond acceptors (Lipinski definition) is 5. The molecule has 2 aliphatic rings. The number of likely N-dealkylation sites (tertiary alicyclic amines) is 2. The molecule has 2 saturated heterocycles. The van der Waals surface area contributed by atoms with E-state index in [9.17, 15) is 19.5 Å². The highest BCUT2D eigenvalue weighted by Gasteiger charge is 2.34. The molecule has 0 atom stereocenters. The van der Waals surface area contributed by atoms with Gasteiger partial charge in [-0.05, 0) is 77.1 Å². The standard InChI is InChI=1S/C24H34N2O5/c1-16-13-19(15-20(27)14-16)21(28)17-5-9-25(10-6-17)22(29)18-7-11-26(12-8-18)23(30)31-24(2,3)4/h13-15,17-18,27H,5-12H2,1-4H3. The first-order valence-electron chi connectivity index (χ1n) is 11.1. The number of rotatable bonds is 3. The van der Waals surface area contributed by atoms with Crippen molar-refractivity contribution in [2.24, 2.45) is 11.8 Å². The van der Waals surface area contributed by atoms with Crippen LogP contribution in [0.2, 0.25) is 0 Å². The molecule has 1 aromatic carbocycles. The highest BCUT2D eigenvalue weighted by atomic mass is 16.6. The van der Waals surface area contributed by atoms with Crippen LogP contribution in [0.15, 0.2) is 18.2 Å². The lowest BCUT2D eigenvalue weighted by Gasteiger charge is -2.37. The molecule has 0 unspecified atom stereocenters. The summed E-state index contributed by atoms with van der Waals surface area (Å²) in [6.45, 7) is 9.57. The van der Waals surface area contributed by atoms with Crippen LogP contribution in [0.1, 0.15) is 62.4 Å². The lowest BCUT2D eigenvalue weighted by Crippen LogP contribution is -2.47. The topological polar surface area (TPSA) is 87.2 Å². The number of hydrogen-bond donors (Lipinski definition) is 1. The van der Waals surface area contributed by atoms with Crippen molar-refractivity contribution >= 4 is 17.8 Å². The highest BCUT2D eigenvalue weighted by molar-refractivity contribution is 5.98. The number of aryl methyl sites for hydroxylation is 1. The van der Waals surface area contributed by atoms with Crippen LogP contribution in [0.4, 0.5) is 4.79 Å². The lowest BCUT2D eigenvalue weighted by atomic mass is 9.87. The first-order valence-corrected chi connectivity index (χ1v) is 11.1. The quantitative estimate of drug-likeness (QED) is 0.738. The van der Waals surface area contributed by atoms with Gasteiger partial charge in [-0.1, -0.05) is 0 Å². The van der Waals surface area contributed by atoms with Crippen molar-refractivity contribution in [2.45, 2.75) is 59.0 Å². The van der Waals surface area contributed by atoms with Gasteiger partial charge in [0.1, 0.15) is 11.4 Å². The van der Waals surface area contributed by atoms with Gasteiger partial charge >= 0.3 is 6.09 Å². The summed E-state index contributed by atoms with van der Waals surface area (Å²) in [6.07, 6.45) is 2.23. The average Bonchev–Trinajstić information content (AvgIpc) is 2.71. The number of carbonyl (C=O) groups is 3. The molecular weight excluding hydrogens is 396 g/mol. The Balaban J connectivity index is 1.48. The summed E-state index contributed by atoms with van der Waals surface area (Å²) < 4.78 is 5.42. The predicted molar refractivity (Wildman–Crippen MR) is 117 cm³/mol. The number of Topliss-reactive ketones (excluding diaryl/α,β-unsaturated/α-hetero) is 1. The first-order chi connectivity index (χ1) is 14.5. The number of benzene rings is 1. The van der Waals surface area contributed by atoms with Gasteiger partial charge in [0.2, 0.25) is 5.91 Å². The Morgan fingerprint density at radius 1 is 0.903 bits per heavy atom. The van der Waals surface area contributed by atoms with Crippen LogP contribution in [-0.4, -0.2) is 64.5 Å². The van der Waals surface area contributed by atoms with E-state index in [0.717, 1.165) is 5.56 Å². The van der Waals surface area contributed by atoms with Gasteiger partial charge in [0.15, 0.2) is 5.78 Å². The van der Waals surface area contributed by atoms with Gasteiger partial charge in [-0.3, -0.25) is 9.59 Å². The molecule has 0 saturated carbocycles. The fraction of sp³-hybridized carbons (Fsp3) is 0.625. The third-order valence-corrected chi connectivity index (χ3v) is 6.02. The molecule has 0 bridgehead atoms. The smallest absolute Gasteiger partial charge is 0.410 e. The molecule has 170 valence electrons. The van der Waals surface area contributed by atoms with Crippen LogP contribution >= 0.6 is 0 Å². The molecule has 7 heteroatoms. The molecule has 1 aromatic rings. The number of ether oxygens (including phenoxy) is 1. The number of piperidine rings is 2. The summed E-state index contributed by atoms with van der Waals surface area (Å²) in [5.74, 6) is 0.0623. The molecule has 2 amide bonds. The molecule has 0 radical (unpaired) electrons. The lowest BCUT2D eigenvalue weighted by molar-refractivity contribution is -0.138. The van der Waals surface area contributed by atoms with Gasteiger partial charge in [-0.2, -0.15) is 0 Å². The van der Waals surface area contributed by atoms with Crippen molar-refractivity contribution in [2.75, 3.05) is 26.2 Å². The minimum atomic E-state index is -0.525. The number of carbonyl (C=O) groups excluding carboxylic acids is 3. The Bertz CT molecular complexity index is 809. The molecule has 7 nitrogen and oxygen atoms in total. The first kappa shape index (κ1) is 23.1. The fourth-order valence-electron chi connectivity index (χ4n) is 4.40. The maximum atomic E-state index is 13.0. The molecule has 3 rings (SSSR count). The van der Waals surface area contributed by atoms with E-state index in [1.165, 1.54) is 6.07 Å². The van der Waals surface area contributed by atoms with Gasteiger partial charge in [0.05, 0.1) is 0 Å². The fourth-order valence-corrected chi connectivity index (χ4v) is 4.40. The monoisotopic (exact) mass is 430 g/mol. The third-order valence-electron chi connectivity index (χ3n) is 6.02. The number of aromatic hydroxyl groups is 1. The summed E-state index contributed by atoms with van der Waals surface area (Å²) in [7, 11) is 0. The molecule has 2 fully saturated rings. The second-order valence-corrected chi connectivity index (χ2v) is 9.76. The highest BCUT2D eigenvalue weighted by Crippen LogP contribution is 2.27. The van der Waals surface area contributed by atoms with Crippen molar-refractivity contribution in [3.63, 3.8) is 0 Å². The Morgan fingerprint density at radius 3 is 2.00 bits per heavy atom. The molecule has 2 heterocycles. The molecule has 31 heavy (non-hydrogen) atoms. The summed E-state index contributed by atoms with van der Waals surface area (Å²) in [6, 6.07) is 4.95. The van der Waals surface area contributed by atoms with Crippen molar-refractivity contribution in [1.82, 2.24) is 9.80 Å². The summed E-state index contributed by atoms with van der Waals surface area (Å²) in [5, 5.41) is 9.77. The largest absolute Gasteiger partial charge is 0.508 e. The van der Waals surface area contributed by atoms with E-state index in [1.54, 1.807) is 17.0 Å². The van der Waals surface area contributed by atoms with Gasteiger partial charge in [0.25, 0.3) is 0 Å². The van der Waals surface area contributed by atoms with Crippen LogP contribution < -0.4 is 0 Å². The van der Waals surface area contributed by atoms with E-state index in [-0.39, 0.29) is 35.4 Å². The van der Waals surface area contributed by atoms with E-state index in [0.29, 0.717) is 57.4 Å². The molecule has 0 aliphatic carbocycles. The molecule has 0 spiro atoms. The third kappa shape index (κ3) is 5.99. The maximum absolute atomic E-state index is 13.0. The van der Waals surface area contributed by atoms with E-state index in [2.05, 4.69) is 0 Å². The number of phenols is 1. The van der Waals surface area contributed by atoms with Crippen LogP contribution in [0.3, 0.4) is 0 Å². The van der Waals surface area contributed by atoms with E-state index < -0.39 is 5.60 Å². The Labute approximate surface area is 184 Å². The molecular formula is C24H34N2O5. The summed E-state index contributed by atoms with van der Waals surface area (Å²) >= 11 is 0. The number of nitrogens with zero attached hydrogens (tertiary/aromatic N) is 2. The number of amides is 2. The van der Waals surface area contributed by atoms with Crippen molar-refractivity contribution in [1.29, 1.82) is 0 Å². The zero-order chi connectivity index (χ0) is 22.8. The van der Waals surface area contributed by atoms with E-state index >= 15 is 0 Å². The van der Waals surface area contributed by atoms with Crippen LogP contribution in [-0.2, 0) is 9.53 Å². The van der Waals surface area contributed by atoms with Crippen molar-refractivity contribution in [3.05, 3.63) is 29.3 Å². The van der Waals surface area contributed by atoms with Gasteiger partial charge in [0, 0.05) is 43.6 Å². The van der Waals surface area contributed by atoms with Crippen molar-refractivity contribution in [3.8, 4) is 5.75 Å². The Hall–Kier alpha value is -2.57. The zero-order valence-corrected chi connectivity index (χ0v) is 19.0. The summed E-state index contributed by atoms with van der Waals surface area (Å²) in [4.78, 5) is 41.5. The minimum Gasteiger partial charge on any atom is -0.508 e. The predicted octanol–water partition coefficient (Wildman–Crippen LogP) is 3.77. The molecule has 1 N–H and O–H groups in total. The molecule has 2 aliphatic heterocycles. The van der Waals surface area contributed by atoms with Gasteiger partial charge < -0.3 is 19.6 Å². The van der Waals surface area contributed by atoms with Crippen molar-refractivity contribution < 1.29 is 24.2 Å². The second kappa shape index (κ2) is 9.28. The van der Waals surface area contributed by atoms with E-state index in [4.69, 9.17) is 4.74 Å². The van der Waals surface area contributed by atoms with Gasteiger partial charge in [-0.15, -0.1) is 0 Å². The van der Waals surface area contributed by atoms with Gasteiger partial charge in [-0.25, -0.2) is 4.79 Å². The second-order valence-electron chi connectivity index (χ2n) is 9.76. The minimum absolute atomic E-state index is 0.0387. The van der Waals surface area contributed by atoms with E-state index in [1.807, 2.05) is 32.6 Å². The Kier molecular flexibility index (Phi) is 6.92. The Morgan fingerprint density at radius 2 is 1.45 bits per heavy atom. The average molecular weight is 431 g/mol. The van der Waals surface area contributed by atoms with Crippen LogP contribution in [0, 0.1) is 18.8 Å². The van der Waals surface area contributed by atoms with Crippen LogP contribution in [0.5, 0.6) is 5.75 Å². The maximum Gasteiger partial charge on any atom is 0.410 e.